The van der Waals surface area contributed by atoms with Crippen LogP contribution in [0.1, 0.15) is 90.4 Å². The Kier molecular flexibility index (Phi) is 14.8. The summed E-state index contributed by atoms with van der Waals surface area (Å²) in [6.07, 6.45) is 16.6. The first-order chi connectivity index (χ1) is 9.18. The number of rotatable bonds is 14. The van der Waals surface area contributed by atoms with Gasteiger partial charge < -0.3 is 0 Å². The van der Waals surface area contributed by atoms with Crippen molar-refractivity contribution in [2.75, 3.05) is 0 Å². The van der Waals surface area contributed by atoms with Gasteiger partial charge in [0.25, 0.3) is 0 Å². The lowest BCUT2D eigenvalue weighted by Gasteiger charge is -2.04. The largest absolute Gasteiger partial charge is 0.280 e. The Morgan fingerprint density at radius 2 is 1.16 bits per heavy atom. The van der Waals surface area contributed by atoms with Crippen molar-refractivity contribution in [2.24, 2.45) is 0 Å². The molecule has 19 heavy (non-hydrogen) atoms. The van der Waals surface area contributed by atoms with Crippen LogP contribution in [0.2, 0.25) is 0 Å². The average Bonchev–Trinajstić information content (AvgIpc) is 2.39. The lowest BCUT2D eigenvalue weighted by atomic mass is 10.0. The molecule has 0 aromatic rings. The van der Waals surface area contributed by atoms with Crippen LogP contribution in [0.25, 0.3) is 0 Å². The van der Waals surface area contributed by atoms with Crippen LogP contribution in [-0.2, 0) is 4.79 Å². The minimum absolute atomic E-state index is 0.412. The molecule has 114 valence electrons. The fourth-order valence-electron chi connectivity index (χ4n) is 2.28. The summed E-state index contributed by atoms with van der Waals surface area (Å²) in [5, 5.41) is -0.894. The molecule has 0 radical (unpaired) electrons. The second-order valence-electron chi connectivity index (χ2n) is 5.45. The highest BCUT2D eigenvalue weighted by Gasteiger charge is 2.10. The lowest BCUT2D eigenvalue weighted by molar-refractivity contribution is -0.111. The summed E-state index contributed by atoms with van der Waals surface area (Å²) in [6.45, 7) is 2.26. The number of carbonyl (C=O) groups is 1. The normalized spacial score (nSPS) is 12.6. The van der Waals surface area contributed by atoms with E-state index in [0.29, 0.717) is 0 Å². The van der Waals surface area contributed by atoms with Crippen LogP contribution in [0.3, 0.4) is 0 Å². The van der Waals surface area contributed by atoms with Crippen molar-refractivity contribution >= 4 is 28.4 Å². The Bertz CT molecular complexity index is 207. The molecule has 0 aliphatic rings. The predicted octanol–water partition coefficient (Wildman–Crippen LogP) is 6.45. The van der Waals surface area contributed by atoms with E-state index in [1.807, 2.05) is 0 Å². The highest BCUT2D eigenvalue weighted by Crippen LogP contribution is 2.15. The van der Waals surface area contributed by atoms with E-state index >= 15 is 0 Å². The highest BCUT2D eigenvalue weighted by molar-refractivity contribution is 6.69. The summed E-state index contributed by atoms with van der Waals surface area (Å²) >= 11 is 11.1. The third-order valence-electron chi connectivity index (χ3n) is 3.56. The van der Waals surface area contributed by atoms with Crippen LogP contribution in [-0.4, -0.2) is 10.6 Å². The van der Waals surface area contributed by atoms with Crippen LogP contribution in [0.4, 0.5) is 0 Å². The Balaban J connectivity index is 3.05. The highest BCUT2D eigenvalue weighted by atomic mass is 35.5. The molecule has 0 bridgehead atoms. The van der Waals surface area contributed by atoms with E-state index in [0.717, 1.165) is 12.8 Å². The first kappa shape index (κ1) is 19.2. The smallest absolute Gasteiger partial charge is 0.239 e. The minimum Gasteiger partial charge on any atom is -0.280 e. The van der Waals surface area contributed by atoms with Crippen LogP contribution in [0.5, 0.6) is 0 Å². The number of hydrogen-bond donors (Lipinski definition) is 0. The topological polar surface area (TPSA) is 17.1 Å². The molecule has 0 aromatic heterocycles. The maximum Gasteiger partial charge on any atom is 0.239 e. The summed E-state index contributed by atoms with van der Waals surface area (Å²) in [7, 11) is 0. The zero-order chi connectivity index (χ0) is 14.3. The van der Waals surface area contributed by atoms with Crippen molar-refractivity contribution in [3.05, 3.63) is 0 Å². The Labute approximate surface area is 129 Å². The molecule has 0 spiro atoms. The number of hydrogen-bond acceptors (Lipinski definition) is 1. The SMILES string of the molecule is CCCCCCCCCCCCCC[C@@H](Cl)C(=O)Cl. The molecule has 0 unspecified atom stereocenters. The molecule has 0 fully saturated rings. The third kappa shape index (κ3) is 14.5. The van der Waals surface area contributed by atoms with Crippen molar-refractivity contribution in [2.45, 2.75) is 95.8 Å². The van der Waals surface area contributed by atoms with Gasteiger partial charge in [-0.15, -0.1) is 11.6 Å². The quantitative estimate of drug-likeness (QED) is 0.205. The summed E-state index contributed by atoms with van der Waals surface area (Å²) in [5.41, 5.74) is 0. The van der Waals surface area contributed by atoms with Crippen molar-refractivity contribution in [1.82, 2.24) is 0 Å². The van der Waals surface area contributed by atoms with Gasteiger partial charge in [0.05, 0.1) is 0 Å². The zero-order valence-electron chi connectivity index (χ0n) is 12.4. The fourth-order valence-corrected chi connectivity index (χ4v) is 2.54. The second kappa shape index (κ2) is 14.7. The van der Waals surface area contributed by atoms with E-state index in [1.54, 1.807) is 0 Å². The summed E-state index contributed by atoms with van der Waals surface area (Å²) in [6, 6.07) is 0. The van der Waals surface area contributed by atoms with Crippen molar-refractivity contribution < 1.29 is 4.79 Å². The molecule has 1 atom stereocenters. The lowest BCUT2D eigenvalue weighted by Crippen LogP contribution is -2.06. The van der Waals surface area contributed by atoms with E-state index in [4.69, 9.17) is 23.2 Å². The van der Waals surface area contributed by atoms with E-state index in [2.05, 4.69) is 6.92 Å². The summed E-state index contributed by atoms with van der Waals surface area (Å²) in [4.78, 5) is 10.7. The molecule has 3 heteroatoms. The van der Waals surface area contributed by atoms with Crippen LogP contribution in [0, 0.1) is 0 Å². The van der Waals surface area contributed by atoms with Crippen LogP contribution >= 0.6 is 23.2 Å². The molecule has 1 nitrogen and oxygen atoms in total. The maximum atomic E-state index is 10.7. The van der Waals surface area contributed by atoms with Crippen molar-refractivity contribution in [3.63, 3.8) is 0 Å². The Morgan fingerprint density at radius 1 is 0.789 bits per heavy atom. The second-order valence-corrected chi connectivity index (χ2v) is 6.35. The molecule has 0 saturated heterocycles. The van der Waals surface area contributed by atoms with Crippen molar-refractivity contribution in [1.29, 1.82) is 0 Å². The van der Waals surface area contributed by atoms with Gasteiger partial charge in [-0.25, -0.2) is 0 Å². The Hall–Kier alpha value is 0.250. The number of alkyl halides is 1. The molecule has 0 amide bonds. The molecule has 0 rings (SSSR count). The standard InChI is InChI=1S/C16H30Cl2O/c1-2-3-4-5-6-7-8-9-10-11-12-13-14-15(17)16(18)19/h15H,2-14H2,1H3/t15-/m1/s1. The zero-order valence-corrected chi connectivity index (χ0v) is 13.9. The number of unbranched alkanes of at least 4 members (excludes halogenated alkanes) is 11. The molecular weight excluding hydrogens is 279 g/mol. The molecule has 0 saturated carbocycles. The van der Waals surface area contributed by atoms with Gasteiger partial charge in [-0.1, -0.05) is 84.0 Å². The van der Waals surface area contributed by atoms with E-state index < -0.39 is 10.6 Å². The summed E-state index contributed by atoms with van der Waals surface area (Å²) < 4.78 is 0. The van der Waals surface area contributed by atoms with Crippen LogP contribution < -0.4 is 0 Å². The first-order valence-corrected chi connectivity index (χ1v) is 8.83. The molecule has 0 aliphatic carbocycles. The van der Waals surface area contributed by atoms with Gasteiger partial charge in [-0.2, -0.15) is 0 Å². The van der Waals surface area contributed by atoms with Gasteiger partial charge in [0.15, 0.2) is 0 Å². The van der Waals surface area contributed by atoms with Crippen molar-refractivity contribution in [3.8, 4) is 0 Å². The molecule has 0 heterocycles. The fraction of sp³-hybridized carbons (Fsp3) is 0.938. The van der Waals surface area contributed by atoms with Crippen LogP contribution in [0.15, 0.2) is 0 Å². The predicted molar refractivity (Wildman–Crippen MR) is 86.2 cm³/mol. The van der Waals surface area contributed by atoms with Gasteiger partial charge in [0.2, 0.25) is 5.24 Å². The van der Waals surface area contributed by atoms with Gasteiger partial charge >= 0.3 is 0 Å². The number of carbonyl (C=O) groups excluding carboxylic acids is 1. The van der Waals surface area contributed by atoms with E-state index in [1.165, 1.54) is 70.6 Å². The Morgan fingerprint density at radius 3 is 1.53 bits per heavy atom. The minimum atomic E-state index is -0.482. The summed E-state index contributed by atoms with van der Waals surface area (Å²) in [5.74, 6) is 0. The average molecular weight is 309 g/mol. The van der Waals surface area contributed by atoms with Gasteiger partial charge in [-0.3, -0.25) is 4.79 Å². The number of halogens is 2. The van der Waals surface area contributed by atoms with Gasteiger partial charge in [0.1, 0.15) is 5.38 Å². The molecule has 0 aromatic carbocycles. The van der Waals surface area contributed by atoms with E-state index in [-0.39, 0.29) is 0 Å². The molecule has 0 N–H and O–H groups in total. The monoisotopic (exact) mass is 308 g/mol. The first-order valence-electron chi connectivity index (χ1n) is 8.02. The maximum absolute atomic E-state index is 10.7. The molecule has 0 aliphatic heterocycles. The third-order valence-corrected chi connectivity index (χ3v) is 4.35. The van der Waals surface area contributed by atoms with E-state index in [9.17, 15) is 4.79 Å². The molecular formula is C16H30Cl2O. The van der Waals surface area contributed by atoms with Gasteiger partial charge in [-0.05, 0) is 18.0 Å². The van der Waals surface area contributed by atoms with Gasteiger partial charge in [0, 0.05) is 0 Å².